The van der Waals surface area contributed by atoms with Crippen LogP contribution in [0.25, 0.3) is 4.96 Å². The highest BCUT2D eigenvalue weighted by Gasteiger charge is 2.06. The van der Waals surface area contributed by atoms with Crippen LogP contribution in [-0.2, 0) is 10.5 Å². The Balaban J connectivity index is 1.86. The predicted molar refractivity (Wildman–Crippen MR) is 83.3 cm³/mol. The molecule has 0 bridgehead atoms. The molecule has 0 saturated heterocycles. The number of hydrogen-bond acceptors (Lipinski definition) is 5. The van der Waals surface area contributed by atoms with Crippen molar-refractivity contribution >= 4 is 34.0 Å². The minimum Gasteiger partial charge on any atom is -0.355 e. The second-order valence-corrected chi connectivity index (χ2v) is 6.69. The van der Waals surface area contributed by atoms with E-state index in [1.807, 2.05) is 5.38 Å². The largest absolute Gasteiger partial charge is 0.355 e. The zero-order valence-electron chi connectivity index (χ0n) is 11.5. The molecule has 7 heteroatoms. The molecular weight excluding hydrogens is 294 g/mol. The fraction of sp³-hybridized carbons (Fsp3) is 0.462. The number of carbonyl (C=O) groups is 1. The van der Waals surface area contributed by atoms with Crippen molar-refractivity contribution in [2.24, 2.45) is 5.92 Å². The summed E-state index contributed by atoms with van der Waals surface area (Å²) in [7, 11) is 0. The molecule has 0 aliphatic heterocycles. The number of nitrogens with zero attached hydrogens (tertiary/aromatic N) is 2. The molecule has 0 aromatic carbocycles. The average molecular weight is 311 g/mol. The lowest BCUT2D eigenvalue weighted by Gasteiger charge is -2.07. The standard InChI is InChI=1S/C13H17N3O2S2/c1-9(2)6-14-11(17)8-19-7-10-5-12(18)16-3-4-20-13(16)15-10/h3-5,9H,6-8H2,1-2H3,(H,14,17). The van der Waals surface area contributed by atoms with Crippen molar-refractivity contribution in [3.63, 3.8) is 0 Å². The number of fused-ring (bicyclic) bond motifs is 1. The highest BCUT2D eigenvalue weighted by molar-refractivity contribution is 7.99. The molecule has 1 N–H and O–H groups in total. The molecule has 2 aromatic rings. The van der Waals surface area contributed by atoms with Crippen molar-refractivity contribution in [3.8, 4) is 0 Å². The van der Waals surface area contributed by atoms with Gasteiger partial charge in [-0.05, 0) is 5.92 Å². The quantitative estimate of drug-likeness (QED) is 0.883. The molecule has 1 amide bonds. The van der Waals surface area contributed by atoms with Gasteiger partial charge in [0.25, 0.3) is 5.56 Å². The summed E-state index contributed by atoms with van der Waals surface area (Å²) in [5.41, 5.74) is 0.648. The van der Waals surface area contributed by atoms with E-state index in [-0.39, 0.29) is 11.5 Å². The SMILES string of the molecule is CC(C)CNC(=O)CSCc1cc(=O)n2ccsc2n1. The lowest BCUT2D eigenvalue weighted by molar-refractivity contribution is -0.118. The lowest BCUT2D eigenvalue weighted by atomic mass is 10.2. The smallest absolute Gasteiger partial charge is 0.258 e. The molecule has 0 fully saturated rings. The third-order valence-corrected chi connectivity index (χ3v) is 4.27. The normalized spacial score (nSPS) is 11.2. The van der Waals surface area contributed by atoms with E-state index >= 15 is 0 Å². The predicted octanol–water partition coefficient (Wildman–Crippen LogP) is 1.76. The average Bonchev–Trinajstić information content (AvgIpc) is 2.85. The molecule has 0 radical (unpaired) electrons. The molecule has 108 valence electrons. The Morgan fingerprint density at radius 3 is 3.10 bits per heavy atom. The van der Waals surface area contributed by atoms with Crippen molar-refractivity contribution in [2.75, 3.05) is 12.3 Å². The molecule has 0 aliphatic rings. The van der Waals surface area contributed by atoms with E-state index in [9.17, 15) is 9.59 Å². The summed E-state index contributed by atoms with van der Waals surface area (Å²) in [6, 6.07) is 1.53. The highest BCUT2D eigenvalue weighted by Crippen LogP contribution is 2.12. The van der Waals surface area contributed by atoms with Crippen molar-refractivity contribution in [1.82, 2.24) is 14.7 Å². The van der Waals surface area contributed by atoms with Gasteiger partial charge in [0.15, 0.2) is 4.96 Å². The highest BCUT2D eigenvalue weighted by atomic mass is 32.2. The van der Waals surface area contributed by atoms with Gasteiger partial charge in [0.2, 0.25) is 5.91 Å². The van der Waals surface area contributed by atoms with Crippen LogP contribution >= 0.6 is 23.1 Å². The van der Waals surface area contributed by atoms with Gasteiger partial charge in [-0.2, -0.15) is 0 Å². The van der Waals surface area contributed by atoms with Gasteiger partial charge in [0.1, 0.15) is 0 Å². The summed E-state index contributed by atoms with van der Waals surface area (Å²) in [6.45, 7) is 4.81. The summed E-state index contributed by atoms with van der Waals surface area (Å²) in [5, 5.41) is 4.69. The molecule has 0 spiro atoms. The van der Waals surface area contributed by atoms with E-state index in [1.54, 1.807) is 6.20 Å². The first-order valence-electron chi connectivity index (χ1n) is 6.36. The molecule has 0 saturated carbocycles. The Hall–Kier alpha value is -1.34. The third kappa shape index (κ3) is 4.08. The summed E-state index contributed by atoms with van der Waals surface area (Å²) < 4.78 is 1.52. The minimum atomic E-state index is -0.0730. The van der Waals surface area contributed by atoms with E-state index in [0.717, 1.165) is 5.69 Å². The number of thiazole rings is 1. The number of rotatable bonds is 6. The van der Waals surface area contributed by atoms with Crippen LogP contribution in [-0.4, -0.2) is 27.6 Å². The Kier molecular flexibility index (Phi) is 5.19. The fourth-order valence-electron chi connectivity index (χ4n) is 1.58. The molecule has 2 rings (SSSR count). The van der Waals surface area contributed by atoms with Crippen LogP contribution in [0.3, 0.4) is 0 Å². The first kappa shape index (κ1) is 15.1. The number of aromatic nitrogens is 2. The molecule has 5 nitrogen and oxygen atoms in total. The first-order chi connectivity index (χ1) is 9.56. The third-order valence-electron chi connectivity index (χ3n) is 2.55. The second kappa shape index (κ2) is 6.90. The van der Waals surface area contributed by atoms with Gasteiger partial charge in [-0.25, -0.2) is 4.98 Å². The van der Waals surface area contributed by atoms with Crippen LogP contribution in [0.15, 0.2) is 22.4 Å². The maximum absolute atomic E-state index is 11.8. The number of amides is 1. The zero-order valence-corrected chi connectivity index (χ0v) is 13.1. The Labute approximate surface area is 125 Å². The fourth-order valence-corrected chi connectivity index (χ4v) is 3.06. The molecule has 2 aromatic heterocycles. The van der Waals surface area contributed by atoms with Gasteiger partial charge in [0.05, 0.1) is 11.4 Å². The van der Waals surface area contributed by atoms with Crippen molar-refractivity contribution in [2.45, 2.75) is 19.6 Å². The number of carbonyl (C=O) groups excluding carboxylic acids is 1. The zero-order chi connectivity index (χ0) is 14.5. The van der Waals surface area contributed by atoms with E-state index < -0.39 is 0 Å². The molecular formula is C13H17N3O2S2. The first-order valence-corrected chi connectivity index (χ1v) is 8.40. The van der Waals surface area contributed by atoms with Crippen molar-refractivity contribution in [3.05, 3.63) is 33.7 Å². The van der Waals surface area contributed by atoms with E-state index in [2.05, 4.69) is 24.1 Å². The van der Waals surface area contributed by atoms with Crippen molar-refractivity contribution < 1.29 is 4.79 Å². The van der Waals surface area contributed by atoms with Gasteiger partial charge >= 0.3 is 0 Å². The van der Waals surface area contributed by atoms with Gasteiger partial charge in [-0.1, -0.05) is 13.8 Å². The monoisotopic (exact) mass is 311 g/mol. The van der Waals surface area contributed by atoms with E-state index in [1.165, 1.54) is 33.6 Å². The molecule has 0 atom stereocenters. The Morgan fingerprint density at radius 2 is 2.35 bits per heavy atom. The van der Waals surface area contributed by atoms with Gasteiger partial charge in [0, 0.05) is 29.9 Å². The van der Waals surface area contributed by atoms with Crippen LogP contribution in [0.4, 0.5) is 0 Å². The van der Waals surface area contributed by atoms with E-state index in [4.69, 9.17) is 0 Å². The lowest BCUT2D eigenvalue weighted by Crippen LogP contribution is -2.28. The second-order valence-electron chi connectivity index (χ2n) is 4.83. The minimum absolute atomic E-state index is 0.0256. The molecule has 0 aliphatic carbocycles. The summed E-state index contributed by atoms with van der Waals surface area (Å²) in [5.74, 6) is 1.43. The van der Waals surface area contributed by atoms with Crippen molar-refractivity contribution in [1.29, 1.82) is 0 Å². The van der Waals surface area contributed by atoms with Gasteiger partial charge in [-0.3, -0.25) is 14.0 Å². The summed E-state index contributed by atoms with van der Waals surface area (Å²) in [4.78, 5) is 28.4. The summed E-state index contributed by atoms with van der Waals surface area (Å²) >= 11 is 2.90. The van der Waals surface area contributed by atoms with Crippen LogP contribution in [0.1, 0.15) is 19.5 Å². The van der Waals surface area contributed by atoms with Gasteiger partial charge in [-0.15, -0.1) is 23.1 Å². The Bertz CT molecular complexity index is 648. The van der Waals surface area contributed by atoms with E-state index in [0.29, 0.717) is 28.9 Å². The molecule has 0 unspecified atom stereocenters. The van der Waals surface area contributed by atoms with Crippen LogP contribution in [0.2, 0.25) is 0 Å². The molecule has 20 heavy (non-hydrogen) atoms. The van der Waals surface area contributed by atoms with Crippen LogP contribution in [0, 0.1) is 5.92 Å². The maximum Gasteiger partial charge on any atom is 0.258 e. The Morgan fingerprint density at radius 1 is 1.55 bits per heavy atom. The summed E-state index contributed by atoms with van der Waals surface area (Å²) in [6.07, 6.45) is 1.71. The van der Waals surface area contributed by atoms with Crippen LogP contribution < -0.4 is 10.9 Å². The van der Waals surface area contributed by atoms with Gasteiger partial charge < -0.3 is 5.32 Å². The number of nitrogens with one attached hydrogen (secondary N) is 1. The van der Waals surface area contributed by atoms with Crippen LogP contribution in [0.5, 0.6) is 0 Å². The number of thioether (sulfide) groups is 1. The topological polar surface area (TPSA) is 63.5 Å². The molecule has 2 heterocycles. The number of hydrogen-bond donors (Lipinski definition) is 1. The maximum atomic E-state index is 11.8.